The van der Waals surface area contributed by atoms with Crippen LogP contribution in [0, 0.1) is 13.8 Å². The van der Waals surface area contributed by atoms with Crippen molar-refractivity contribution < 1.29 is 19.4 Å². The summed E-state index contributed by atoms with van der Waals surface area (Å²) < 4.78 is 12.1. The Morgan fingerprint density at radius 3 is 2.45 bits per heavy atom. The lowest BCUT2D eigenvalue weighted by atomic mass is 10.1. The molecule has 1 unspecified atom stereocenters. The van der Waals surface area contributed by atoms with E-state index >= 15 is 0 Å². The second-order valence-corrected chi connectivity index (χ2v) is 8.62. The molecule has 3 rings (SSSR count). The van der Waals surface area contributed by atoms with E-state index in [1.165, 1.54) is 18.8 Å². The van der Waals surface area contributed by atoms with Crippen LogP contribution in [0.5, 0.6) is 11.5 Å². The molecule has 0 saturated heterocycles. The lowest BCUT2D eigenvalue weighted by Crippen LogP contribution is -2.29. The first-order chi connectivity index (χ1) is 15.8. The van der Waals surface area contributed by atoms with Crippen molar-refractivity contribution in [1.29, 1.82) is 0 Å². The number of aliphatic hydroxyl groups excluding tert-OH is 1. The first kappa shape index (κ1) is 24.6. The van der Waals surface area contributed by atoms with Gasteiger partial charge in [-0.1, -0.05) is 24.8 Å². The number of nitrogens with one attached hydrogen (secondary N) is 1. The summed E-state index contributed by atoms with van der Waals surface area (Å²) in [6.07, 6.45) is 0.527. The van der Waals surface area contributed by atoms with Crippen molar-refractivity contribution in [3.8, 4) is 11.5 Å². The smallest absolute Gasteiger partial charge is 0.262 e. The summed E-state index contributed by atoms with van der Waals surface area (Å²) in [5, 5.41) is 13.5. The Kier molecular flexibility index (Phi) is 7.99. The van der Waals surface area contributed by atoms with Gasteiger partial charge >= 0.3 is 0 Å². The van der Waals surface area contributed by atoms with Crippen LogP contribution in [0.2, 0.25) is 0 Å². The van der Waals surface area contributed by atoms with E-state index in [0.29, 0.717) is 39.7 Å². The van der Waals surface area contributed by atoms with Crippen LogP contribution in [0.3, 0.4) is 0 Å². The number of carbonyl (C=O) groups excluding carboxylic acids is 1. The highest BCUT2D eigenvalue weighted by atomic mass is 32.2. The number of rotatable bonds is 9. The standard InChI is InChI=1S/C24H29N3O5S/c1-6-17(12-28)27-23(30)18-10-20(31-4)21(32-5)11-19(18)26-24(27)33-13-22(29)25-16-8-7-14(2)15(3)9-16/h7-11,17,28H,6,12-13H2,1-5H3,(H,25,29). The van der Waals surface area contributed by atoms with Crippen molar-refractivity contribution >= 4 is 34.3 Å². The maximum absolute atomic E-state index is 13.4. The van der Waals surface area contributed by atoms with Crippen LogP contribution < -0.4 is 20.3 Å². The quantitative estimate of drug-likeness (QED) is 0.362. The van der Waals surface area contributed by atoms with E-state index in [2.05, 4.69) is 10.3 Å². The summed E-state index contributed by atoms with van der Waals surface area (Å²) in [7, 11) is 3.01. The third-order valence-electron chi connectivity index (χ3n) is 5.54. The number of carbonyl (C=O) groups is 1. The minimum atomic E-state index is -0.465. The van der Waals surface area contributed by atoms with Crippen LogP contribution in [-0.4, -0.2) is 47.1 Å². The lowest BCUT2D eigenvalue weighted by molar-refractivity contribution is -0.113. The molecular formula is C24H29N3O5S. The van der Waals surface area contributed by atoms with Crippen molar-refractivity contribution in [1.82, 2.24) is 9.55 Å². The zero-order chi connectivity index (χ0) is 24.1. The summed E-state index contributed by atoms with van der Waals surface area (Å²) in [6.45, 7) is 5.66. The van der Waals surface area contributed by atoms with E-state index in [1.807, 2.05) is 39.0 Å². The second kappa shape index (κ2) is 10.7. The minimum Gasteiger partial charge on any atom is -0.493 e. The molecule has 0 saturated carbocycles. The normalized spacial score (nSPS) is 11.9. The fourth-order valence-corrected chi connectivity index (χ4v) is 4.34. The summed E-state index contributed by atoms with van der Waals surface area (Å²) in [5.74, 6) is 0.710. The molecular weight excluding hydrogens is 442 g/mol. The number of ether oxygens (including phenoxy) is 2. The van der Waals surface area contributed by atoms with Crippen LogP contribution in [0.4, 0.5) is 5.69 Å². The average Bonchev–Trinajstić information content (AvgIpc) is 2.81. The minimum absolute atomic E-state index is 0.0556. The summed E-state index contributed by atoms with van der Waals surface area (Å²) in [6, 6.07) is 8.49. The van der Waals surface area contributed by atoms with Crippen molar-refractivity contribution in [3.63, 3.8) is 0 Å². The summed E-state index contributed by atoms with van der Waals surface area (Å²) >= 11 is 1.15. The Hall–Kier alpha value is -3.04. The van der Waals surface area contributed by atoms with Crippen LogP contribution in [0.1, 0.15) is 30.5 Å². The van der Waals surface area contributed by atoms with Gasteiger partial charge in [0.2, 0.25) is 5.91 Å². The molecule has 2 N–H and O–H groups in total. The topological polar surface area (TPSA) is 103 Å². The van der Waals surface area contributed by atoms with Gasteiger partial charge in [-0.15, -0.1) is 0 Å². The molecule has 1 atom stereocenters. The van der Waals surface area contributed by atoms with Gasteiger partial charge in [0.05, 0.1) is 43.5 Å². The Bertz CT molecular complexity index is 1220. The molecule has 0 aliphatic carbocycles. The van der Waals surface area contributed by atoms with Crippen molar-refractivity contribution in [2.24, 2.45) is 0 Å². The summed E-state index contributed by atoms with van der Waals surface area (Å²) in [4.78, 5) is 30.6. The van der Waals surface area contributed by atoms with Crippen LogP contribution in [-0.2, 0) is 4.79 Å². The van der Waals surface area contributed by atoms with Gasteiger partial charge in [-0.25, -0.2) is 4.98 Å². The first-order valence-electron chi connectivity index (χ1n) is 10.6. The monoisotopic (exact) mass is 471 g/mol. The molecule has 33 heavy (non-hydrogen) atoms. The van der Waals surface area contributed by atoms with Gasteiger partial charge in [0.1, 0.15) is 0 Å². The highest BCUT2D eigenvalue weighted by Crippen LogP contribution is 2.32. The second-order valence-electron chi connectivity index (χ2n) is 7.67. The lowest BCUT2D eigenvalue weighted by Gasteiger charge is -2.20. The van der Waals surface area contributed by atoms with Gasteiger partial charge in [0.15, 0.2) is 16.7 Å². The van der Waals surface area contributed by atoms with Crippen LogP contribution in [0.25, 0.3) is 10.9 Å². The van der Waals surface area contributed by atoms with E-state index in [-0.39, 0.29) is 23.8 Å². The molecule has 0 aliphatic rings. The van der Waals surface area contributed by atoms with Gasteiger partial charge in [-0.2, -0.15) is 0 Å². The zero-order valence-electron chi connectivity index (χ0n) is 19.5. The van der Waals surface area contributed by atoms with Gasteiger partial charge in [-0.3, -0.25) is 14.2 Å². The van der Waals surface area contributed by atoms with Gasteiger partial charge in [-0.05, 0) is 49.6 Å². The number of thioether (sulfide) groups is 1. The fourth-order valence-electron chi connectivity index (χ4n) is 3.47. The third kappa shape index (κ3) is 5.31. The number of aryl methyl sites for hydroxylation is 2. The molecule has 9 heteroatoms. The van der Waals surface area contributed by atoms with Crippen LogP contribution >= 0.6 is 11.8 Å². The largest absolute Gasteiger partial charge is 0.493 e. The number of anilines is 1. The number of hydrogen-bond donors (Lipinski definition) is 2. The zero-order valence-corrected chi connectivity index (χ0v) is 20.3. The number of hydrogen-bond acceptors (Lipinski definition) is 7. The van der Waals surface area contributed by atoms with Gasteiger partial charge < -0.3 is 19.9 Å². The molecule has 2 aromatic carbocycles. The number of fused-ring (bicyclic) bond motifs is 1. The predicted molar refractivity (Wildman–Crippen MR) is 131 cm³/mol. The highest BCUT2D eigenvalue weighted by Gasteiger charge is 2.21. The molecule has 0 fully saturated rings. The average molecular weight is 472 g/mol. The number of methoxy groups -OCH3 is 2. The van der Waals surface area contributed by atoms with Crippen molar-refractivity contribution in [3.05, 3.63) is 51.8 Å². The van der Waals surface area contributed by atoms with Crippen molar-refractivity contribution in [2.75, 3.05) is 31.9 Å². The molecule has 176 valence electrons. The number of aromatic nitrogens is 2. The Morgan fingerprint density at radius 2 is 1.85 bits per heavy atom. The number of amides is 1. The Labute approximate surface area is 196 Å². The Balaban J connectivity index is 1.97. The number of benzene rings is 2. The highest BCUT2D eigenvalue weighted by molar-refractivity contribution is 7.99. The predicted octanol–water partition coefficient (Wildman–Crippen LogP) is 3.70. The molecule has 1 aromatic heterocycles. The SMILES string of the molecule is CCC(CO)n1c(SCC(=O)Nc2ccc(C)c(C)c2)nc2cc(OC)c(OC)cc2c1=O. The molecule has 8 nitrogen and oxygen atoms in total. The van der Waals surface area contributed by atoms with E-state index in [4.69, 9.17) is 9.47 Å². The van der Waals surface area contributed by atoms with E-state index in [0.717, 1.165) is 22.9 Å². The molecule has 1 heterocycles. The molecule has 0 aliphatic heterocycles. The maximum Gasteiger partial charge on any atom is 0.262 e. The molecule has 1 amide bonds. The van der Waals surface area contributed by atoms with E-state index < -0.39 is 6.04 Å². The fraction of sp³-hybridized carbons (Fsp3) is 0.375. The number of nitrogens with zero attached hydrogens (tertiary/aromatic N) is 2. The molecule has 0 radical (unpaired) electrons. The molecule has 0 bridgehead atoms. The summed E-state index contributed by atoms with van der Waals surface area (Å²) in [5.41, 5.74) is 3.07. The molecule has 3 aromatic rings. The number of aliphatic hydroxyl groups is 1. The van der Waals surface area contributed by atoms with Crippen LogP contribution in [0.15, 0.2) is 40.3 Å². The molecule has 0 spiro atoms. The maximum atomic E-state index is 13.4. The van der Waals surface area contributed by atoms with E-state index in [9.17, 15) is 14.7 Å². The third-order valence-corrected chi connectivity index (χ3v) is 6.50. The Morgan fingerprint density at radius 1 is 1.15 bits per heavy atom. The van der Waals surface area contributed by atoms with E-state index in [1.54, 1.807) is 12.1 Å². The van der Waals surface area contributed by atoms with Crippen molar-refractivity contribution in [2.45, 2.75) is 38.4 Å². The first-order valence-corrected chi connectivity index (χ1v) is 11.6. The van der Waals surface area contributed by atoms with Gasteiger partial charge in [0.25, 0.3) is 5.56 Å². The van der Waals surface area contributed by atoms with Gasteiger partial charge in [0, 0.05) is 11.8 Å².